The van der Waals surface area contributed by atoms with Crippen LogP contribution in [0.3, 0.4) is 0 Å². The van der Waals surface area contributed by atoms with Crippen molar-refractivity contribution in [1.29, 1.82) is 0 Å². The van der Waals surface area contributed by atoms with E-state index in [-0.39, 0.29) is 5.92 Å². The second-order valence-electron chi connectivity index (χ2n) is 13.4. The molecule has 0 fully saturated rings. The lowest BCUT2D eigenvalue weighted by atomic mass is 9.79. The van der Waals surface area contributed by atoms with Gasteiger partial charge in [0.05, 0.1) is 17.1 Å². The maximum absolute atomic E-state index is 5.29. The molecule has 5 aromatic carbocycles. The van der Waals surface area contributed by atoms with Crippen molar-refractivity contribution in [2.75, 3.05) is 0 Å². The Morgan fingerprint density at radius 3 is 2.10 bits per heavy atom. The van der Waals surface area contributed by atoms with E-state index in [1.54, 1.807) is 0 Å². The topological polar surface area (TPSA) is 38.1 Å². The first-order chi connectivity index (χ1) is 24.8. The van der Waals surface area contributed by atoms with Gasteiger partial charge in [-0.1, -0.05) is 133 Å². The predicted octanol–water partition coefficient (Wildman–Crippen LogP) is 11.9. The van der Waals surface area contributed by atoms with E-state index >= 15 is 0 Å². The average molecular weight is 644 g/mol. The Bertz CT molecular complexity index is 2380. The minimum absolute atomic E-state index is 0.216. The van der Waals surface area contributed by atoms with Gasteiger partial charge in [0.2, 0.25) is 0 Å². The lowest BCUT2D eigenvalue weighted by Gasteiger charge is -2.27. The summed E-state index contributed by atoms with van der Waals surface area (Å²) in [4.78, 5) is 15.5. The summed E-state index contributed by atoms with van der Waals surface area (Å²) in [7, 11) is 0. The molecule has 3 heteroatoms. The first kappa shape index (κ1) is 30.2. The number of aromatic nitrogens is 2. The number of hydrogen-bond acceptors (Lipinski definition) is 3. The number of fused-ring (bicyclic) bond motifs is 3. The first-order valence-electron chi connectivity index (χ1n) is 17.7. The molecule has 50 heavy (non-hydrogen) atoms. The third kappa shape index (κ3) is 5.86. The van der Waals surface area contributed by atoms with Gasteiger partial charge >= 0.3 is 0 Å². The van der Waals surface area contributed by atoms with Crippen LogP contribution in [-0.2, 0) is 0 Å². The van der Waals surface area contributed by atoms with Gasteiger partial charge in [-0.3, -0.25) is 4.99 Å². The number of aliphatic imine (C=N–C) groups is 1. The van der Waals surface area contributed by atoms with Crippen molar-refractivity contribution in [2.45, 2.75) is 38.0 Å². The van der Waals surface area contributed by atoms with Gasteiger partial charge < -0.3 is 0 Å². The molecule has 0 saturated carbocycles. The first-order valence-corrected chi connectivity index (χ1v) is 17.7. The van der Waals surface area contributed by atoms with Crippen molar-refractivity contribution < 1.29 is 0 Å². The molecule has 0 saturated heterocycles. The fraction of sp³-hybridized carbons (Fsp3) is 0.128. The molecular formula is C47H37N3. The monoisotopic (exact) mass is 643 g/mol. The van der Waals surface area contributed by atoms with E-state index in [4.69, 9.17) is 15.0 Å². The Hall–Kier alpha value is -5.93. The molecule has 1 unspecified atom stereocenters. The van der Waals surface area contributed by atoms with E-state index in [0.29, 0.717) is 0 Å². The standard InChI is InChI=1S/C47H37N3/c1-5-14-32(15-6-1)41-30-43(34-16-7-2-8-17-34)48-42-27-26-33-24-25-38(29-40(33)46(41)42)37-22-13-23-39(28-37)45-31-44(35-18-9-3-10-19-35)49-47(50-45)36-20-11-4-12-21-36/h1-9,11-12,14-18,20-21,23-29,31,41H,10,13,19,22,30H2. The lowest BCUT2D eigenvalue weighted by molar-refractivity contribution is 0.849. The van der Waals surface area contributed by atoms with Crippen molar-refractivity contribution in [2.24, 2.45) is 4.99 Å². The zero-order valence-electron chi connectivity index (χ0n) is 28.0. The minimum Gasteiger partial charge on any atom is -0.252 e. The molecule has 1 aromatic heterocycles. The molecule has 240 valence electrons. The van der Waals surface area contributed by atoms with Crippen LogP contribution in [0.2, 0.25) is 0 Å². The summed E-state index contributed by atoms with van der Waals surface area (Å²) in [6.45, 7) is 0. The molecule has 3 aliphatic rings. The molecule has 0 radical (unpaired) electrons. The van der Waals surface area contributed by atoms with Crippen molar-refractivity contribution in [3.63, 3.8) is 0 Å². The van der Waals surface area contributed by atoms with Crippen molar-refractivity contribution in [3.8, 4) is 11.4 Å². The zero-order chi connectivity index (χ0) is 33.3. The van der Waals surface area contributed by atoms with Gasteiger partial charge in [0.25, 0.3) is 0 Å². The summed E-state index contributed by atoms with van der Waals surface area (Å²) in [6.07, 6.45) is 16.1. The number of rotatable bonds is 6. The Morgan fingerprint density at radius 2 is 1.32 bits per heavy atom. The van der Waals surface area contributed by atoms with Crippen LogP contribution in [0, 0.1) is 0 Å². The Morgan fingerprint density at radius 1 is 0.600 bits per heavy atom. The van der Waals surface area contributed by atoms with Gasteiger partial charge in [0, 0.05) is 23.6 Å². The fourth-order valence-corrected chi connectivity index (χ4v) is 7.66. The molecule has 6 aromatic rings. The summed E-state index contributed by atoms with van der Waals surface area (Å²) in [5.41, 5.74) is 14.1. The van der Waals surface area contributed by atoms with Crippen LogP contribution in [0.5, 0.6) is 0 Å². The van der Waals surface area contributed by atoms with Crippen LogP contribution in [0.4, 0.5) is 5.69 Å². The van der Waals surface area contributed by atoms with Crippen LogP contribution >= 0.6 is 0 Å². The van der Waals surface area contributed by atoms with E-state index in [1.807, 2.05) is 6.07 Å². The third-order valence-electron chi connectivity index (χ3n) is 10.2. The van der Waals surface area contributed by atoms with Crippen molar-refractivity contribution >= 4 is 38.9 Å². The van der Waals surface area contributed by atoms with E-state index in [1.165, 1.54) is 44.2 Å². The Labute approximate surface area is 293 Å². The Kier molecular flexibility index (Phi) is 7.94. The van der Waals surface area contributed by atoms with Crippen LogP contribution < -0.4 is 0 Å². The maximum atomic E-state index is 5.29. The highest BCUT2D eigenvalue weighted by molar-refractivity contribution is 6.06. The molecular weight excluding hydrogens is 607 g/mol. The second kappa shape index (κ2) is 13.2. The normalized spacial score (nSPS) is 17.0. The second-order valence-corrected chi connectivity index (χ2v) is 13.4. The van der Waals surface area contributed by atoms with E-state index in [2.05, 4.69) is 152 Å². The predicted molar refractivity (Wildman–Crippen MR) is 208 cm³/mol. The van der Waals surface area contributed by atoms with Crippen LogP contribution in [0.1, 0.15) is 71.7 Å². The molecule has 1 aliphatic heterocycles. The van der Waals surface area contributed by atoms with Crippen LogP contribution in [0.15, 0.2) is 163 Å². The summed E-state index contributed by atoms with van der Waals surface area (Å²) in [5.74, 6) is 0.989. The van der Waals surface area contributed by atoms with Gasteiger partial charge in [-0.2, -0.15) is 0 Å². The summed E-state index contributed by atoms with van der Waals surface area (Å²) >= 11 is 0. The molecule has 9 rings (SSSR count). The van der Waals surface area contributed by atoms with Crippen molar-refractivity contribution in [1.82, 2.24) is 9.97 Å². The smallest absolute Gasteiger partial charge is 0.160 e. The number of hydrogen-bond donors (Lipinski definition) is 0. The molecule has 0 spiro atoms. The van der Waals surface area contributed by atoms with Crippen LogP contribution in [-0.4, -0.2) is 15.7 Å². The highest BCUT2D eigenvalue weighted by Gasteiger charge is 2.27. The summed E-state index contributed by atoms with van der Waals surface area (Å²) in [5, 5.41) is 2.54. The summed E-state index contributed by atoms with van der Waals surface area (Å²) in [6, 6.07) is 45.6. The molecule has 2 heterocycles. The Balaban J connectivity index is 1.15. The molecule has 0 bridgehead atoms. The van der Waals surface area contributed by atoms with E-state index in [9.17, 15) is 0 Å². The van der Waals surface area contributed by atoms with Gasteiger partial charge in [0.15, 0.2) is 5.82 Å². The molecule has 2 aliphatic carbocycles. The van der Waals surface area contributed by atoms with Gasteiger partial charge in [-0.15, -0.1) is 0 Å². The number of nitrogens with zero attached hydrogens (tertiary/aromatic N) is 3. The average Bonchev–Trinajstić information content (AvgIpc) is 3.21. The highest BCUT2D eigenvalue weighted by Crippen LogP contribution is 2.45. The SMILES string of the molecule is C1=CCCC(c2cc(C3=CCCC(c4ccc5ccc6c(c5c4)C(c4ccccc4)CC(c4ccccc4)=N6)=C3)nc(-c3ccccc3)n2)=C1. The largest absolute Gasteiger partial charge is 0.252 e. The fourth-order valence-electron chi connectivity index (χ4n) is 7.66. The van der Waals surface area contributed by atoms with E-state index < -0.39 is 0 Å². The molecule has 3 nitrogen and oxygen atoms in total. The van der Waals surface area contributed by atoms with Gasteiger partial charge in [0.1, 0.15) is 0 Å². The quantitative estimate of drug-likeness (QED) is 0.181. The number of allylic oxidation sites excluding steroid dienone is 8. The van der Waals surface area contributed by atoms with Gasteiger partial charge in [-0.05, 0) is 99.7 Å². The highest BCUT2D eigenvalue weighted by atomic mass is 14.9. The lowest BCUT2D eigenvalue weighted by Crippen LogP contribution is -2.15. The van der Waals surface area contributed by atoms with E-state index in [0.717, 1.165) is 71.9 Å². The molecule has 1 atom stereocenters. The third-order valence-corrected chi connectivity index (χ3v) is 10.2. The zero-order valence-corrected chi connectivity index (χ0v) is 28.0. The molecule has 0 amide bonds. The van der Waals surface area contributed by atoms with Crippen molar-refractivity contribution in [3.05, 3.63) is 191 Å². The van der Waals surface area contributed by atoms with Crippen LogP contribution in [0.25, 0.3) is 38.9 Å². The minimum atomic E-state index is 0.216. The summed E-state index contributed by atoms with van der Waals surface area (Å²) < 4.78 is 0. The van der Waals surface area contributed by atoms with Gasteiger partial charge in [-0.25, -0.2) is 9.97 Å². The number of benzene rings is 5. The maximum Gasteiger partial charge on any atom is 0.160 e. The molecule has 0 N–H and O–H groups in total.